The number of hydrogen-bond donors (Lipinski definition) is 0. The van der Waals surface area contributed by atoms with Crippen LogP contribution in [0.4, 0.5) is 5.69 Å². The minimum absolute atomic E-state index is 0.0310. The van der Waals surface area contributed by atoms with Crippen molar-refractivity contribution in [2.75, 3.05) is 31.2 Å². The maximum absolute atomic E-state index is 12.1. The second-order valence-electron chi connectivity index (χ2n) is 4.67. The first kappa shape index (κ1) is 13.9. The molecule has 1 aromatic carbocycles. The van der Waals surface area contributed by atoms with Gasteiger partial charge in [0.1, 0.15) is 0 Å². The van der Waals surface area contributed by atoms with E-state index in [2.05, 4.69) is 14.5 Å². The number of morpholine rings is 1. The van der Waals surface area contributed by atoms with Crippen molar-refractivity contribution in [2.45, 2.75) is 0 Å². The fourth-order valence-electron chi connectivity index (χ4n) is 2.16. The Balaban J connectivity index is 1.67. The quantitative estimate of drug-likeness (QED) is 0.640. The molecule has 6 heteroatoms. The van der Waals surface area contributed by atoms with Gasteiger partial charge in [0.2, 0.25) is 0 Å². The van der Waals surface area contributed by atoms with Crippen molar-refractivity contribution in [3.05, 3.63) is 47.0 Å². The first-order chi connectivity index (χ1) is 10.3. The fraction of sp³-hybridized carbons (Fsp3) is 0.267. The Hall–Kier alpha value is -2.05. The summed E-state index contributed by atoms with van der Waals surface area (Å²) in [4.78, 5) is 14.3. The standard InChI is InChI=1S/C15H15N3O2S/c19-15(6-3-13-11-21-17-16-13)12-1-4-14(5-2-12)18-7-9-20-10-8-18/h1-6,11H,7-10H2/b6-3+. The van der Waals surface area contributed by atoms with E-state index in [1.165, 1.54) is 17.6 Å². The molecule has 0 saturated carbocycles. The summed E-state index contributed by atoms with van der Waals surface area (Å²) in [5, 5.41) is 5.67. The zero-order valence-electron chi connectivity index (χ0n) is 11.4. The smallest absolute Gasteiger partial charge is 0.185 e. The SMILES string of the molecule is O=C(/C=C/c1csnn1)c1ccc(N2CCOCC2)cc1. The number of ketones is 1. The second kappa shape index (κ2) is 6.60. The fourth-order valence-corrected chi connectivity index (χ4v) is 2.58. The van der Waals surface area contributed by atoms with Gasteiger partial charge < -0.3 is 9.64 Å². The minimum atomic E-state index is -0.0310. The third kappa shape index (κ3) is 3.53. The summed E-state index contributed by atoms with van der Waals surface area (Å²) in [6.07, 6.45) is 3.21. The number of carbonyl (C=O) groups is 1. The summed E-state index contributed by atoms with van der Waals surface area (Å²) in [7, 11) is 0. The van der Waals surface area contributed by atoms with Crippen LogP contribution >= 0.6 is 11.5 Å². The Kier molecular flexibility index (Phi) is 4.37. The number of ether oxygens (including phenoxy) is 1. The number of anilines is 1. The van der Waals surface area contributed by atoms with Crippen molar-refractivity contribution < 1.29 is 9.53 Å². The van der Waals surface area contributed by atoms with Crippen molar-refractivity contribution in [2.24, 2.45) is 0 Å². The molecule has 2 heterocycles. The summed E-state index contributed by atoms with van der Waals surface area (Å²) in [6.45, 7) is 3.30. The van der Waals surface area contributed by atoms with Crippen LogP contribution in [0.25, 0.3) is 6.08 Å². The molecule has 0 radical (unpaired) electrons. The Morgan fingerprint density at radius 1 is 1.24 bits per heavy atom. The van der Waals surface area contributed by atoms with Crippen molar-refractivity contribution in [3.63, 3.8) is 0 Å². The molecule has 21 heavy (non-hydrogen) atoms. The molecule has 1 fully saturated rings. The summed E-state index contributed by atoms with van der Waals surface area (Å²) in [5.74, 6) is -0.0310. The highest BCUT2D eigenvalue weighted by Crippen LogP contribution is 2.17. The van der Waals surface area contributed by atoms with Gasteiger partial charge in [0.25, 0.3) is 0 Å². The van der Waals surface area contributed by atoms with E-state index in [1.54, 1.807) is 11.5 Å². The Bertz CT molecular complexity index is 617. The molecule has 2 aromatic rings. The van der Waals surface area contributed by atoms with E-state index in [1.807, 2.05) is 24.3 Å². The average Bonchev–Trinajstić information content (AvgIpc) is 3.07. The van der Waals surface area contributed by atoms with E-state index < -0.39 is 0 Å². The molecule has 1 aromatic heterocycles. The van der Waals surface area contributed by atoms with Gasteiger partial charge in [0.15, 0.2) is 5.78 Å². The third-order valence-electron chi connectivity index (χ3n) is 3.31. The van der Waals surface area contributed by atoms with Crippen LogP contribution in [-0.4, -0.2) is 41.7 Å². The van der Waals surface area contributed by atoms with Gasteiger partial charge >= 0.3 is 0 Å². The minimum Gasteiger partial charge on any atom is -0.378 e. The number of aromatic nitrogens is 2. The van der Waals surface area contributed by atoms with Gasteiger partial charge in [-0.1, -0.05) is 4.49 Å². The molecule has 0 atom stereocenters. The molecule has 0 aliphatic carbocycles. The van der Waals surface area contributed by atoms with Gasteiger partial charge in [-0.2, -0.15) is 0 Å². The number of carbonyl (C=O) groups excluding carboxylic acids is 1. The van der Waals surface area contributed by atoms with Gasteiger partial charge in [-0.25, -0.2) is 0 Å². The largest absolute Gasteiger partial charge is 0.378 e. The maximum atomic E-state index is 12.1. The topological polar surface area (TPSA) is 55.3 Å². The lowest BCUT2D eigenvalue weighted by molar-refractivity contribution is 0.104. The first-order valence-electron chi connectivity index (χ1n) is 6.75. The molecule has 1 aliphatic rings. The van der Waals surface area contributed by atoms with E-state index in [0.717, 1.165) is 32.0 Å². The summed E-state index contributed by atoms with van der Waals surface area (Å²) in [6, 6.07) is 7.68. The van der Waals surface area contributed by atoms with Crippen molar-refractivity contribution in [1.29, 1.82) is 0 Å². The predicted octanol–water partition coefficient (Wildman–Crippen LogP) is 2.27. The normalized spacial score (nSPS) is 15.5. The van der Waals surface area contributed by atoms with Crippen LogP contribution in [0.2, 0.25) is 0 Å². The zero-order chi connectivity index (χ0) is 14.5. The number of rotatable bonds is 4. The van der Waals surface area contributed by atoms with Crippen LogP contribution in [0.15, 0.2) is 35.7 Å². The lowest BCUT2D eigenvalue weighted by atomic mass is 10.1. The molecule has 1 saturated heterocycles. The number of allylic oxidation sites excluding steroid dienone is 1. The van der Waals surface area contributed by atoms with Crippen LogP contribution in [0, 0.1) is 0 Å². The van der Waals surface area contributed by atoms with Crippen molar-refractivity contribution >= 4 is 29.1 Å². The maximum Gasteiger partial charge on any atom is 0.185 e. The number of nitrogens with zero attached hydrogens (tertiary/aromatic N) is 3. The number of hydrogen-bond acceptors (Lipinski definition) is 6. The third-order valence-corrected chi connectivity index (χ3v) is 3.83. The van der Waals surface area contributed by atoms with Gasteiger partial charge in [-0.15, -0.1) is 5.10 Å². The lowest BCUT2D eigenvalue weighted by Gasteiger charge is -2.28. The second-order valence-corrected chi connectivity index (χ2v) is 5.28. The Labute approximate surface area is 127 Å². The van der Waals surface area contributed by atoms with Crippen LogP contribution < -0.4 is 4.90 Å². The molecule has 1 aliphatic heterocycles. The van der Waals surface area contributed by atoms with Crippen LogP contribution in [0.3, 0.4) is 0 Å². The Morgan fingerprint density at radius 3 is 2.67 bits per heavy atom. The van der Waals surface area contributed by atoms with Gasteiger partial charge in [-0.3, -0.25) is 4.79 Å². The Morgan fingerprint density at radius 2 is 2.00 bits per heavy atom. The highest BCUT2D eigenvalue weighted by Gasteiger charge is 2.11. The summed E-state index contributed by atoms with van der Waals surface area (Å²) < 4.78 is 9.08. The lowest BCUT2D eigenvalue weighted by Crippen LogP contribution is -2.36. The zero-order valence-corrected chi connectivity index (χ0v) is 12.3. The predicted molar refractivity (Wildman–Crippen MR) is 82.7 cm³/mol. The molecule has 3 rings (SSSR count). The van der Waals surface area contributed by atoms with E-state index in [-0.39, 0.29) is 5.78 Å². The molecule has 108 valence electrons. The monoisotopic (exact) mass is 301 g/mol. The highest BCUT2D eigenvalue weighted by atomic mass is 32.1. The molecule has 0 amide bonds. The molecule has 0 unspecified atom stereocenters. The van der Waals surface area contributed by atoms with Gasteiger partial charge in [0.05, 0.1) is 18.9 Å². The van der Waals surface area contributed by atoms with Crippen LogP contribution in [0.1, 0.15) is 16.1 Å². The van der Waals surface area contributed by atoms with Crippen molar-refractivity contribution in [3.8, 4) is 0 Å². The average molecular weight is 301 g/mol. The van der Waals surface area contributed by atoms with Gasteiger partial charge in [0, 0.05) is 29.7 Å². The molecule has 0 N–H and O–H groups in total. The highest BCUT2D eigenvalue weighted by molar-refractivity contribution is 7.03. The summed E-state index contributed by atoms with van der Waals surface area (Å²) in [5.41, 5.74) is 2.51. The van der Waals surface area contributed by atoms with Crippen molar-refractivity contribution in [1.82, 2.24) is 9.59 Å². The molecule has 0 bridgehead atoms. The molecule has 0 spiro atoms. The molecule has 5 nitrogen and oxygen atoms in total. The van der Waals surface area contributed by atoms with E-state index in [0.29, 0.717) is 11.3 Å². The van der Waals surface area contributed by atoms with E-state index in [9.17, 15) is 4.79 Å². The van der Waals surface area contributed by atoms with Gasteiger partial charge in [-0.05, 0) is 47.9 Å². The first-order valence-corrected chi connectivity index (χ1v) is 7.59. The van der Waals surface area contributed by atoms with Crippen LogP contribution in [0.5, 0.6) is 0 Å². The molecular formula is C15H15N3O2S. The van der Waals surface area contributed by atoms with E-state index in [4.69, 9.17) is 4.74 Å². The molecular weight excluding hydrogens is 286 g/mol. The van der Waals surface area contributed by atoms with E-state index >= 15 is 0 Å². The summed E-state index contributed by atoms with van der Waals surface area (Å²) >= 11 is 1.27. The van der Waals surface area contributed by atoms with Crippen LogP contribution in [-0.2, 0) is 4.74 Å². The number of benzene rings is 1.